The Morgan fingerprint density at radius 2 is 2.25 bits per heavy atom. The number of benzene rings is 1. The van der Waals surface area contributed by atoms with Crippen LogP contribution in [0.2, 0.25) is 0 Å². The minimum Gasteiger partial charge on any atom is -0.387 e. The molecule has 0 fully saturated rings. The van der Waals surface area contributed by atoms with Crippen molar-refractivity contribution in [2.24, 2.45) is 0 Å². The first kappa shape index (κ1) is 12.8. The van der Waals surface area contributed by atoms with Gasteiger partial charge in [0.1, 0.15) is 18.1 Å². The summed E-state index contributed by atoms with van der Waals surface area (Å²) in [6.45, 7) is 0.364. The van der Waals surface area contributed by atoms with Crippen LogP contribution in [0.1, 0.15) is 11.3 Å². The van der Waals surface area contributed by atoms with Gasteiger partial charge >= 0.3 is 0 Å². The summed E-state index contributed by atoms with van der Waals surface area (Å²) >= 11 is 0. The topological polar surface area (TPSA) is 69.2 Å². The molecule has 0 spiro atoms. The number of amides is 1. The van der Waals surface area contributed by atoms with Gasteiger partial charge in [0.25, 0.3) is 0 Å². The highest BCUT2D eigenvalue weighted by atomic mass is 19.1. The predicted molar refractivity (Wildman–Crippen MR) is 70.2 cm³/mol. The minimum atomic E-state index is -0.512. The lowest BCUT2D eigenvalue weighted by atomic mass is 10.0. The molecule has 5 nitrogen and oxygen atoms in total. The van der Waals surface area contributed by atoms with Gasteiger partial charge in [-0.15, -0.1) is 0 Å². The van der Waals surface area contributed by atoms with E-state index in [1.165, 1.54) is 6.07 Å². The van der Waals surface area contributed by atoms with Crippen molar-refractivity contribution in [3.05, 3.63) is 41.3 Å². The molecule has 20 heavy (non-hydrogen) atoms. The lowest BCUT2D eigenvalue weighted by molar-refractivity contribution is -0.135. The number of fused-ring (bicyclic) bond motifs is 1. The summed E-state index contributed by atoms with van der Waals surface area (Å²) < 4.78 is 13.9. The first-order chi connectivity index (χ1) is 9.70. The highest BCUT2D eigenvalue weighted by Gasteiger charge is 2.26. The summed E-state index contributed by atoms with van der Waals surface area (Å²) in [5.74, 6) is -0.663. The zero-order valence-corrected chi connectivity index (χ0v) is 10.8. The molecule has 1 aromatic heterocycles. The SMILES string of the molecule is O=C(CO)N1CCc2[nH]nc(-c3ccccc3F)c2C1. The second-order valence-electron chi connectivity index (χ2n) is 4.73. The van der Waals surface area contributed by atoms with Gasteiger partial charge in [-0.2, -0.15) is 5.10 Å². The van der Waals surface area contributed by atoms with Crippen LogP contribution in [0.25, 0.3) is 11.3 Å². The molecule has 0 atom stereocenters. The number of H-pyrrole nitrogens is 1. The van der Waals surface area contributed by atoms with Gasteiger partial charge in [0.05, 0.1) is 0 Å². The van der Waals surface area contributed by atoms with Crippen molar-refractivity contribution in [2.45, 2.75) is 13.0 Å². The Labute approximate surface area is 115 Å². The molecule has 1 aromatic carbocycles. The molecule has 3 rings (SSSR count). The number of nitrogens with one attached hydrogen (secondary N) is 1. The van der Waals surface area contributed by atoms with E-state index < -0.39 is 6.61 Å². The predicted octanol–water partition coefficient (Wildman–Crippen LogP) is 1.09. The summed E-state index contributed by atoms with van der Waals surface area (Å²) in [7, 11) is 0. The molecule has 0 saturated heterocycles. The van der Waals surface area contributed by atoms with Crippen LogP contribution in [0.3, 0.4) is 0 Å². The average molecular weight is 275 g/mol. The molecule has 1 aliphatic heterocycles. The number of hydrogen-bond donors (Lipinski definition) is 2. The fourth-order valence-electron chi connectivity index (χ4n) is 2.48. The van der Waals surface area contributed by atoms with E-state index in [0.29, 0.717) is 30.8 Å². The summed E-state index contributed by atoms with van der Waals surface area (Å²) in [4.78, 5) is 13.1. The quantitative estimate of drug-likeness (QED) is 0.862. The van der Waals surface area contributed by atoms with Crippen molar-refractivity contribution < 1.29 is 14.3 Å². The molecule has 1 amide bonds. The lowest BCUT2D eigenvalue weighted by Gasteiger charge is -2.26. The van der Waals surface area contributed by atoms with Gasteiger partial charge in [0.2, 0.25) is 5.91 Å². The van der Waals surface area contributed by atoms with Crippen molar-refractivity contribution in [3.63, 3.8) is 0 Å². The van der Waals surface area contributed by atoms with Crippen LogP contribution in [0.4, 0.5) is 4.39 Å². The zero-order chi connectivity index (χ0) is 14.1. The molecular formula is C14H14FN3O2. The number of halogens is 1. The fourth-order valence-corrected chi connectivity index (χ4v) is 2.48. The highest BCUT2D eigenvalue weighted by Crippen LogP contribution is 2.29. The number of aromatic amines is 1. The number of hydrogen-bond acceptors (Lipinski definition) is 3. The molecule has 1 aliphatic rings. The van der Waals surface area contributed by atoms with E-state index in [4.69, 9.17) is 5.11 Å². The van der Waals surface area contributed by atoms with Crippen LogP contribution in [-0.4, -0.2) is 39.3 Å². The molecule has 0 radical (unpaired) electrons. The fraction of sp³-hybridized carbons (Fsp3) is 0.286. The third-order valence-electron chi connectivity index (χ3n) is 3.55. The normalized spacial score (nSPS) is 14.2. The van der Waals surface area contributed by atoms with Crippen molar-refractivity contribution >= 4 is 5.91 Å². The Morgan fingerprint density at radius 1 is 1.45 bits per heavy atom. The molecule has 0 unspecified atom stereocenters. The Morgan fingerprint density at radius 3 is 3.00 bits per heavy atom. The van der Waals surface area contributed by atoms with Crippen LogP contribution in [0, 0.1) is 5.82 Å². The maximum atomic E-state index is 13.9. The molecule has 6 heteroatoms. The van der Waals surface area contributed by atoms with E-state index in [-0.39, 0.29) is 11.7 Å². The van der Waals surface area contributed by atoms with E-state index in [1.54, 1.807) is 23.1 Å². The van der Waals surface area contributed by atoms with E-state index in [2.05, 4.69) is 10.2 Å². The third-order valence-corrected chi connectivity index (χ3v) is 3.55. The molecule has 0 aliphatic carbocycles. The van der Waals surface area contributed by atoms with E-state index in [0.717, 1.165) is 11.3 Å². The first-order valence-corrected chi connectivity index (χ1v) is 6.40. The van der Waals surface area contributed by atoms with Crippen LogP contribution in [-0.2, 0) is 17.8 Å². The van der Waals surface area contributed by atoms with E-state index >= 15 is 0 Å². The number of nitrogens with zero attached hydrogens (tertiary/aromatic N) is 2. The van der Waals surface area contributed by atoms with Crippen LogP contribution < -0.4 is 0 Å². The van der Waals surface area contributed by atoms with Crippen LogP contribution in [0.5, 0.6) is 0 Å². The van der Waals surface area contributed by atoms with Gasteiger partial charge in [-0.1, -0.05) is 12.1 Å². The molecule has 0 saturated carbocycles. The first-order valence-electron chi connectivity index (χ1n) is 6.40. The van der Waals surface area contributed by atoms with Gasteiger partial charge in [0.15, 0.2) is 0 Å². The Hall–Kier alpha value is -2.21. The Kier molecular flexibility index (Phi) is 3.23. The lowest BCUT2D eigenvalue weighted by Crippen LogP contribution is -2.37. The van der Waals surface area contributed by atoms with Crippen LogP contribution in [0.15, 0.2) is 24.3 Å². The zero-order valence-electron chi connectivity index (χ0n) is 10.8. The Bertz CT molecular complexity index is 654. The number of aromatic nitrogens is 2. The second-order valence-corrected chi connectivity index (χ2v) is 4.73. The van der Waals surface area contributed by atoms with Gasteiger partial charge in [0, 0.05) is 36.3 Å². The van der Waals surface area contributed by atoms with Gasteiger partial charge in [-0.3, -0.25) is 9.89 Å². The molecule has 2 heterocycles. The maximum Gasteiger partial charge on any atom is 0.248 e. The highest BCUT2D eigenvalue weighted by molar-refractivity contribution is 5.78. The second kappa shape index (κ2) is 5.05. The Balaban J connectivity index is 1.99. The van der Waals surface area contributed by atoms with Gasteiger partial charge in [-0.05, 0) is 12.1 Å². The van der Waals surface area contributed by atoms with Crippen molar-refractivity contribution in [1.29, 1.82) is 0 Å². The van der Waals surface area contributed by atoms with E-state index in [9.17, 15) is 9.18 Å². The smallest absolute Gasteiger partial charge is 0.248 e. The minimum absolute atomic E-state index is 0.323. The monoisotopic (exact) mass is 275 g/mol. The summed E-state index contributed by atoms with van der Waals surface area (Å²) in [6, 6.07) is 6.42. The average Bonchev–Trinajstić information content (AvgIpc) is 2.90. The van der Waals surface area contributed by atoms with Crippen molar-refractivity contribution in [2.75, 3.05) is 13.2 Å². The molecule has 0 bridgehead atoms. The molecule has 2 N–H and O–H groups in total. The number of carbonyl (C=O) groups is 1. The summed E-state index contributed by atoms with van der Waals surface area (Å²) in [5, 5.41) is 16.0. The third kappa shape index (κ3) is 2.08. The van der Waals surface area contributed by atoms with Gasteiger partial charge < -0.3 is 10.0 Å². The number of rotatable bonds is 2. The number of carbonyl (C=O) groups excluding carboxylic acids is 1. The molecular weight excluding hydrogens is 261 g/mol. The van der Waals surface area contributed by atoms with E-state index in [1.807, 2.05) is 0 Å². The largest absolute Gasteiger partial charge is 0.387 e. The molecule has 2 aromatic rings. The van der Waals surface area contributed by atoms with Crippen LogP contribution >= 0.6 is 0 Å². The summed E-state index contributed by atoms with van der Waals surface area (Å²) in [5.41, 5.74) is 2.70. The number of aliphatic hydroxyl groups excluding tert-OH is 1. The standard InChI is InChI=1S/C14H14FN3O2/c15-11-4-2-1-3-9(11)14-10-7-18(13(20)8-19)6-5-12(10)16-17-14/h1-4,19H,5-8H2,(H,16,17). The number of aliphatic hydroxyl groups is 1. The van der Waals surface area contributed by atoms with Crippen molar-refractivity contribution in [1.82, 2.24) is 15.1 Å². The maximum absolute atomic E-state index is 13.9. The molecule has 104 valence electrons. The summed E-state index contributed by atoms with van der Waals surface area (Å²) in [6.07, 6.45) is 0.628. The van der Waals surface area contributed by atoms with Crippen molar-refractivity contribution in [3.8, 4) is 11.3 Å². The van der Waals surface area contributed by atoms with Gasteiger partial charge in [-0.25, -0.2) is 4.39 Å².